The molecule has 1 heterocycles. The van der Waals surface area contributed by atoms with Crippen molar-refractivity contribution in [1.82, 2.24) is 10.6 Å². The van der Waals surface area contributed by atoms with E-state index in [1.54, 1.807) is 0 Å². The molecule has 1 aromatic carbocycles. The third-order valence-electron chi connectivity index (χ3n) is 3.02. The Bertz CT molecular complexity index is 389. The third-order valence-corrected chi connectivity index (χ3v) is 4.26. The summed E-state index contributed by atoms with van der Waals surface area (Å²) in [7, 11) is 0. The zero-order chi connectivity index (χ0) is 12.3. The standard InChI is InChI=1S/C12H16BrClN2O/c13-10-2-1-8(3-11(10)14)4-15-5-9-6-16-7-12(9)17/h1-3,9,12,15-17H,4-7H2. The van der Waals surface area contributed by atoms with E-state index in [0.717, 1.165) is 34.7 Å². The van der Waals surface area contributed by atoms with Crippen LogP contribution in [0, 0.1) is 5.92 Å². The molecule has 2 unspecified atom stereocenters. The highest BCUT2D eigenvalue weighted by Gasteiger charge is 2.23. The Morgan fingerprint density at radius 2 is 2.29 bits per heavy atom. The maximum Gasteiger partial charge on any atom is 0.0716 e. The van der Waals surface area contributed by atoms with Crippen molar-refractivity contribution < 1.29 is 5.11 Å². The lowest BCUT2D eigenvalue weighted by molar-refractivity contribution is 0.146. The van der Waals surface area contributed by atoms with Gasteiger partial charge in [0, 0.05) is 36.6 Å². The van der Waals surface area contributed by atoms with Gasteiger partial charge in [0.05, 0.1) is 11.1 Å². The maximum atomic E-state index is 9.64. The lowest BCUT2D eigenvalue weighted by Gasteiger charge is -2.14. The fourth-order valence-electron chi connectivity index (χ4n) is 1.98. The van der Waals surface area contributed by atoms with E-state index >= 15 is 0 Å². The molecule has 94 valence electrons. The van der Waals surface area contributed by atoms with Crippen LogP contribution >= 0.6 is 27.5 Å². The van der Waals surface area contributed by atoms with Gasteiger partial charge in [-0.3, -0.25) is 0 Å². The largest absolute Gasteiger partial charge is 0.391 e. The number of β-amino-alcohol motifs (C(OH)–C–C–N with tert-alkyl or cyclic N) is 1. The van der Waals surface area contributed by atoms with Crippen molar-refractivity contribution in [1.29, 1.82) is 0 Å². The van der Waals surface area contributed by atoms with Crippen LogP contribution in [0.4, 0.5) is 0 Å². The van der Waals surface area contributed by atoms with Gasteiger partial charge in [-0.1, -0.05) is 17.7 Å². The van der Waals surface area contributed by atoms with E-state index in [4.69, 9.17) is 11.6 Å². The number of halogens is 2. The average molecular weight is 320 g/mol. The lowest BCUT2D eigenvalue weighted by atomic mass is 10.1. The molecule has 2 rings (SSSR count). The second kappa shape index (κ2) is 6.16. The summed E-state index contributed by atoms with van der Waals surface area (Å²) >= 11 is 9.38. The Balaban J connectivity index is 1.79. The molecule has 2 atom stereocenters. The molecule has 3 N–H and O–H groups in total. The molecule has 0 aliphatic carbocycles. The van der Waals surface area contributed by atoms with Crippen LogP contribution in [0.3, 0.4) is 0 Å². The quantitative estimate of drug-likeness (QED) is 0.792. The van der Waals surface area contributed by atoms with Gasteiger partial charge in [-0.2, -0.15) is 0 Å². The number of benzene rings is 1. The zero-order valence-electron chi connectivity index (χ0n) is 9.42. The molecule has 1 aliphatic heterocycles. The Hall–Kier alpha value is -0.130. The van der Waals surface area contributed by atoms with E-state index in [-0.39, 0.29) is 6.10 Å². The van der Waals surface area contributed by atoms with Gasteiger partial charge in [0.15, 0.2) is 0 Å². The molecular weight excluding hydrogens is 304 g/mol. The van der Waals surface area contributed by atoms with E-state index in [2.05, 4.69) is 26.6 Å². The van der Waals surface area contributed by atoms with E-state index in [1.807, 2.05) is 18.2 Å². The molecule has 0 spiro atoms. The minimum Gasteiger partial charge on any atom is -0.391 e. The predicted molar refractivity (Wildman–Crippen MR) is 73.2 cm³/mol. The van der Waals surface area contributed by atoms with Crippen LogP contribution in [0.1, 0.15) is 5.56 Å². The topological polar surface area (TPSA) is 44.3 Å². The number of aliphatic hydroxyl groups is 1. The first-order valence-corrected chi connectivity index (χ1v) is 6.87. The monoisotopic (exact) mass is 318 g/mol. The smallest absolute Gasteiger partial charge is 0.0716 e. The van der Waals surface area contributed by atoms with E-state index in [1.165, 1.54) is 0 Å². The van der Waals surface area contributed by atoms with Gasteiger partial charge < -0.3 is 15.7 Å². The molecule has 0 bridgehead atoms. The van der Waals surface area contributed by atoms with Gasteiger partial charge in [0.1, 0.15) is 0 Å². The first kappa shape index (κ1) is 13.3. The van der Waals surface area contributed by atoms with E-state index in [9.17, 15) is 5.11 Å². The normalized spacial score (nSPS) is 24.2. The SMILES string of the molecule is OC1CNCC1CNCc1ccc(Br)c(Cl)c1. The van der Waals surface area contributed by atoms with Gasteiger partial charge in [-0.05, 0) is 33.6 Å². The molecule has 0 radical (unpaired) electrons. The molecule has 0 saturated carbocycles. The fourth-order valence-corrected chi connectivity index (χ4v) is 2.43. The first-order chi connectivity index (χ1) is 8.16. The number of rotatable bonds is 4. The van der Waals surface area contributed by atoms with E-state index < -0.39 is 0 Å². The lowest BCUT2D eigenvalue weighted by Crippen LogP contribution is -2.30. The van der Waals surface area contributed by atoms with Crippen LogP contribution in [-0.2, 0) is 6.54 Å². The summed E-state index contributed by atoms with van der Waals surface area (Å²) in [6.45, 7) is 3.18. The van der Waals surface area contributed by atoms with Gasteiger partial charge in [-0.25, -0.2) is 0 Å². The molecule has 0 amide bonds. The second-order valence-electron chi connectivity index (χ2n) is 4.37. The second-order valence-corrected chi connectivity index (χ2v) is 5.63. The summed E-state index contributed by atoms with van der Waals surface area (Å²) < 4.78 is 0.915. The molecule has 1 fully saturated rings. The Kier molecular flexibility index (Phi) is 4.82. The molecule has 1 aromatic rings. The summed E-state index contributed by atoms with van der Waals surface area (Å²) in [5, 5.41) is 16.9. The van der Waals surface area contributed by atoms with Crippen LogP contribution in [0.2, 0.25) is 5.02 Å². The molecule has 17 heavy (non-hydrogen) atoms. The van der Waals surface area contributed by atoms with Crippen molar-refractivity contribution in [2.24, 2.45) is 5.92 Å². The highest BCUT2D eigenvalue weighted by molar-refractivity contribution is 9.10. The molecule has 3 nitrogen and oxygen atoms in total. The Morgan fingerprint density at radius 3 is 2.94 bits per heavy atom. The highest BCUT2D eigenvalue weighted by atomic mass is 79.9. The fraction of sp³-hybridized carbons (Fsp3) is 0.500. The summed E-state index contributed by atoms with van der Waals surface area (Å²) in [5.74, 6) is 0.306. The first-order valence-electron chi connectivity index (χ1n) is 5.70. The van der Waals surface area contributed by atoms with Gasteiger partial charge >= 0.3 is 0 Å². The number of aliphatic hydroxyl groups excluding tert-OH is 1. The number of nitrogens with one attached hydrogen (secondary N) is 2. The zero-order valence-corrected chi connectivity index (χ0v) is 11.8. The maximum absolute atomic E-state index is 9.64. The Labute approximate surface area is 115 Å². The summed E-state index contributed by atoms with van der Waals surface area (Å²) in [5.41, 5.74) is 1.15. The van der Waals surface area contributed by atoms with Gasteiger partial charge in [-0.15, -0.1) is 0 Å². The van der Waals surface area contributed by atoms with Crippen LogP contribution in [-0.4, -0.2) is 30.8 Å². The molecule has 5 heteroatoms. The van der Waals surface area contributed by atoms with Gasteiger partial charge in [0.25, 0.3) is 0 Å². The molecule has 1 saturated heterocycles. The van der Waals surface area contributed by atoms with Crippen molar-refractivity contribution in [3.8, 4) is 0 Å². The Morgan fingerprint density at radius 1 is 1.47 bits per heavy atom. The number of hydrogen-bond acceptors (Lipinski definition) is 3. The summed E-state index contributed by atoms with van der Waals surface area (Å²) in [6.07, 6.45) is -0.226. The van der Waals surface area contributed by atoms with Crippen LogP contribution < -0.4 is 10.6 Å². The summed E-state index contributed by atoms with van der Waals surface area (Å²) in [6, 6.07) is 5.93. The van der Waals surface area contributed by atoms with Crippen molar-refractivity contribution in [3.05, 3.63) is 33.3 Å². The van der Waals surface area contributed by atoms with Crippen molar-refractivity contribution >= 4 is 27.5 Å². The molecule has 1 aliphatic rings. The average Bonchev–Trinajstić information content (AvgIpc) is 2.70. The van der Waals surface area contributed by atoms with Crippen molar-refractivity contribution in [2.75, 3.05) is 19.6 Å². The summed E-state index contributed by atoms with van der Waals surface area (Å²) in [4.78, 5) is 0. The number of hydrogen-bond donors (Lipinski definition) is 3. The van der Waals surface area contributed by atoms with Crippen molar-refractivity contribution in [2.45, 2.75) is 12.6 Å². The highest BCUT2D eigenvalue weighted by Crippen LogP contribution is 2.23. The molecular formula is C12H16BrClN2O. The predicted octanol–water partition coefficient (Wildman–Crippen LogP) is 1.77. The molecule has 0 aromatic heterocycles. The van der Waals surface area contributed by atoms with Crippen molar-refractivity contribution in [3.63, 3.8) is 0 Å². The third kappa shape index (κ3) is 3.66. The van der Waals surface area contributed by atoms with Crippen LogP contribution in [0.15, 0.2) is 22.7 Å². The van der Waals surface area contributed by atoms with Gasteiger partial charge in [0.2, 0.25) is 0 Å². The van der Waals surface area contributed by atoms with Crippen LogP contribution in [0.25, 0.3) is 0 Å². The minimum absolute atomic E-state index is 0.226. The van der Waals surface area contributed by atoms with E-state index in [0.29, 0.717) is 12.5 Å². The minimum atomic E-state index is -0.226. The van der Waals surface area contributed by atoms with Crippen LogP contribution in [0.5, 0.6) is 0 Å².